The molecule has 44 heteroatoms. The van der Waals surface area contributed by atoms with Crippen LogP contribution in [0.15, 0.2) is 185 Å². The van der Waals surface area contributed by atoms with Gasteiger partial charge in [0.05, 0.1) is 147 Å². The van der Waals surface area contributed by atoms with E-state index >= 15 is 0 Å². The highest BCUT2D eigenvalue weighted by molar-refractivity contribution is 7.98. The standard InChI is InChI=1S/C33H34F4N6O3S.C30H29F4N7O2S2.C30H28F4N6O3S2/c1-31(2,45)20-42(47(4,46)29-12-14-41(3)40-29)26-8-5-22-16-28-21(19-39-43(28)25-9-6-24(34)7-10-25)17-32(22,18-26)30(44)27-15-23(11-13-38-27)33(35,36)37;1-39-36-16-26(38-39)45(2,43)40(17-18-3-4-18)23-8-5-20-11-24-19(14-37-41(24)22-9-6-21(31)7-10-22)12-29(20,13-23)27(42)28-35-15-25(44-28)30(32,33)34;1-38-10-9-26(37-38)45(2,42)40(23-16-43-17-23)22-6-3-19-11-24-18(14-36-39(24)21-7-4-20(31)5-8-21)12-29(19,13-22)27(41)28-35-15-25(44-28)30(32,33)34/h6-7,9-16,19,26,45H,4-5,8,17-18,20H2,1-3H3;6-7,9-11,14-16,18,23H,2-5,8,12-13,17H2,1H3;4-5,7-11,14-15,22-23H,2-3,6,12-13,16-17H2,1H3/t26-,32-,47?;23-,29-,45?;22-,29-,45?/m000/s1. The van der Waals surface area contributed by atoms with Crippen LogP contribution in [0.5, 0.6) is 0 Å². The lowest BCUT2D eigenvalue weighted by molar-refractivity contribution is -0.138. The van der Waals surface area contributed by atoms with Crippen LogP contribution in [0.2, 0.25) is 0 Å². The van der Waals surface area contributed by atoms with Gasteiger partial charge in [0.2, 0.25) is 11.6 Å². The van der Waals surface area contributed by atoms with Crippen molar-refractivity contribution in [3.05, 3.63) is 252 Å². The van der Waals surface area contributed by atoms with E-state index in [0.717, 1.165) is 53.6 Å². The molecule has 0 bridgehead atoms. The third kappa shape index (κ3) is 18.5. The third-order valence-electron chi connectivity index (χ3n) is 26.6. The maximum absolute atomic E-state index is 14.6. The van der Waals surface area contributed by atoms with E-state index in [0.29, 0.717) is 149 Å². The third-order valence-corrected chi connectivity index (χ3v) is 34.9. The van der Waals surface area contributed by atoms with Crippen molar-refractivity contribution in [1.29, 1.82) is 0 Å². The summed E-state index contributed by atoms with van der Waals surface area (Å²) in [6.07, 6.45) is 9.09. The van der Waals surface area contributed by atoms with Gasteiger partial charge in [-0.2, -0.15) is 74.9 Å². The Morgan fingerprint density at radius 2 is 0.898 bits per heavy atom. The fraction of sp³-hybridized carbons (Fsp3) is 0.376. The zero-order valence-corrected chi connectivity index (χ0v) is 78.4. The highest BCUT2D eigenvalue weighted by atomic mass is 32.2. The lowest BCUT2D eigenvalue weighted by Gasteiger charge is -2.50. The van der Waals surface area contributed by atoms with Crippen molar-refractivity contribution in [1.82, 2.24) is 91.8 Å². The van der Waals surface area contributed by atoms with Crippen LogP contribution in [0.1, 0.15) is 164 Å². The number of hydrogen-bond acceptors (Lipinski definition) is 20. The number of allylic oxidation sites excluding steroid dienone is 3. The van der Waals surface area contributed by atoms with Crippen molar-refractivity contribution in [3.8, 4) is 17.1 Å². The average molecular weight is 1990 g/mol. The molecule has 1 N–H and O–H groups in total. The Labute approximate surface area is 787 Å². The number of Topliss-reactive ketones (excluding diaryl/α,β-unsaturated/α-hetero) is 3. The quantitative estimate of drug-likeness (QED) is 0.0353. The second-order valence-electron chi connectivity index (χ2n) is 36.5. The van der Waals surface area contributed by atoms with Gasteiger partial charge in [0, 0.05) is 70.9 Å². The number of nitrogens with zero attached hydrogens (tertiary/aromatic N) is 19. The van der Waals surface area contributed by atoms with E-state index in [4.69, 9.17) is 4.74 Å². The first-order valence-corrected chi connectivity index (χ1v) is 50.3. The Kier molecular flexibility index (Phi) is 25.0. The zero-order valence-electron chi connectivity index (χ0n) is 74.3. The summed E-state index contributed by atoms with van der Waals surface area (Å²) in [6.45, 7) is 4.23. The number of ether oxygens (including phenoxy) is 1. The number of carbonyl (C=O) groups is 3. The van der Waals surface area contributed by atoms with Crippen molar-refractivity contribution >= 4 is 105 Å². The highest BCUT2D eigenvalue weighted by Gasteiger charge is 2.58. The number of alkyl halides is 9. The minimum atomic E-state index is -4.69. The van der Waals surface area contributed by atoms with Crippen molar-refractivity contribution in [2.75, 3.05) is 26.3 Å². The molecule has 8 aliphatic rings. The molecule has 7 aliphatic carbocycles. The molecule has 27 nitrogen and oxygen atoms in total. The maximum Gasteiger partial charge on any atom is 0.427 e. The van der Waals surface area contributed by atoms with Crippen molar-refractivity contribution in [2.45, 2.75) is 167 Å². The predicted octanol–water partition coefficient (Wildman–Crippen LogP) is 15.6. The van der Waals surface area contributed by atoms with Crippen LogP contribution >= 0.6 is 22.7 Å². The van der Waals surface area contributed by atoms with E-state index in [1.165, 1.54) is 52.1 Å². The monoisotopic (exact) mass is 1990 g/mol. The normalized spacial score (nSPS) is 22.4. The predicted molar refractivity (Wildman–Crippen MR) is 489 cm³/mol. The maximum atomic E-state index is 14.6. The van der Waals surface area contributed by atoms with Gasteiger partial charge in [0.15, 0.2) is 30.9 Å². The molecule has 0 amide bonds. The summed E-state index contributed by atoms with van der Waals surface area (Å²) < 4.78 is 226. The van der Waals surface area contributed by atoms with Gasteiger partial charge in [-0.25, -0.2) is 62.7 Å². The summed E-state index contributed by atoms with van der Waals surface area (Å²) in [6, 6.07) is 20.7. The van der Waals surface area contributed by atoms with Gasteiger partial charge < -0.3 is 9.84 Å². The summed E-state index contributed by atoms with van der Waals surface area (Å²) in [5.41, 5.74) is 1.70. The van der Waals surface area contributed by atoms with E-state index in [-0.39, 0.29) is 88.7 Å². The number of aliphatic hydroxyl groups is 1. The Bertz CT molecular complexity index is 7160. The molecule has 12 aromatic rings. The van der Waals surface area contributed by atoms with Crippen LogP contribution in [-0.4, -0.2) is 201 Å². The summed E-state index contributed by atoms with van der Waals surface area (Å²) in [5, 5.41) is 41.9. The summed E-state index contributed by atoms with van der Waals surface area (Å²) >= 11 is 0.669. The zero-order chi connectivity index (χ0) is 97.4. The molecule has 4 saturated carbocycles. The van der Waals surface area contributed by atoms with E-state index in [1.54, 1.807) is 138 Å². The number of aryl methyl sites for hydroxylation is 3. The second kappa shape index (κ2) is 35.7. The van der Waals surface area contributed by atoms with E-state index in [9.17, 15) is 84.8 Å². The van der Waals surface area contributed by atoms with Gasteiger partial charge in [0.1, 0.15) is 32.9 Å². The number of benzene rings is 3. The number of fused-ring (bicyclic) bond motifs is 6. The minimum Gasteiger partial charge on any atom is -0.389 e. The molecule has 1 aliphatic heterocycles. The molecule has 1 saturated heterocycles. The van der Waals surface area contributed by atoms with Gasteiger partial charge >= 0.3 is 18.5 Å². The molecule has 3 unspecified atom stereocenters. The number of ketones is 3. The molecule has 137 heavy (non-hydrogen) atoms. The van der Waals surface area contributed by atoms with Gasteiger partial charge in [-0.3, -0.25) is 28.7 Å². The number of rotatable bonds is 23. The van der Waals surface area contributed by atoms with Crippen LogP contribution in [0, 0.1) is 39.6 Å². The van der Waals surface area contributed by atoms with Gasteiger partial charge in [0.25, 0.3) is 0 Å². The number of thiazole rings is 2. The first-order chi connectivity index (χ1) is 64.7. The molecular formula is C93H91F12N19O8S5. The van der Waals surface area contributed by atoms with E-state index in [2.05, 4.69) is 68.3 Å². The molecular weight excluding hydrogens is 1900 g/mol. The Morgan fingerprint density at radius 3 is 1.27 bits per heavy atom. The second-order valence-corrected chi connectivity index (χ2v) is 45.0. The summed E-state index contributed by atoms with van der Waals surface area (Å²) in [5.74, 6) is 9.80. The van der Waals surface area contributed by atoms with Crippen molar-refractivity contribution in [3.63, 3.8) is 0 Å². The minimum absolute atomic E-state index is 0.0617. The SMILES string of the molecule is C=S(=O)(c1ccn(C)n1)N(C1COC1)[C@H]1CCC2=Cc3c(cnn3-c3ccc(F)cc3)C[C@]2(C(=O)c2ncc(C(F)(F)F)s2)C1.C=S(=O)(c1ccn(C)n1)N(CC(C)(C)O)[C@H]1CCC2=Cc3c(cnn3-c3ccc(F)cc3)C[C@]2(C(=O)c2cc(C(F)(F)F)ccn2)C1.C=S(=O)(c1cnn(C)n1)N(CC1CC1)[C@H]1CCC2=Cc3c(cnn3-c3ccc(F)cc3)C[C@]2(C(=O)c2ncc(C(F)(F)F)s2)C1. The lowest BCUT2D eigenvalue weighted by atomic mass is 9.60. The van der Waals surface area contributed by atoms with Crippen molar-refractivity contribution in [2.24, 2.45) is 43.3 Å². The Balaban J connectivity index is 0.000000137. The van der Waals surface area contributed by atoms with Crippen LogP contribution in [0.3, 0.4) is 0 Å². The first-order valence-electron chi connectivity index (χ1n) is 43.6. The molecule has 9 aromatic heterocycles. The summed E-state index contributed by atoms with van der Waals surface area (Å²) in [7, 11) is -4.49. The number of hydrogen-bond donors (Lipinski definition) is 1. The number of carbonyl (C=O) groups excluding carboxylic acids is 3. The van der Waals surface area contributed by atoms with E-state index in [1.807, 2.05) is 26.8 Å². The fourth-order valence-electron chi connectivity index (χ4n) is 19.7. The molecule has 0 radical (unpaired) electrons. The van der Waals surface area contributed by atoms with Crippen LogP contribution < -0.4 is 0 Å². The molecule has 9 atom stereocenters. The topological polar surface area (TPSA) is 300 Å². The first kappa shape index (κ1) is 95.8. The van der Waals surface area contributed by atoms with Crippen LogP contribution in [0.4, 0.5) is 52.7 Å². The lowest BCUT2D eigenvalue weighted by Crippen LogP contribution is -2.58. The molecule has 3 aromatic carbocycles. The molecule has 20 rings (SSSR count). The molecule has 10 heterocycles. The van der Waals surface area contributed by atoms with Crippen LogP contribution in [0.25, 0.3) is 35.3 Å². The molecule has 720 valence electrons. The highest BCUT2D eigenvalue weighted by Crippen LogP contribution is 2.57. The van der Waals surface area contributed by atoms with Crippen LogP contribution in [-0.2, 0) is 92.8 Å². The molecule has 0 spiro atoms. The van der Waals surface area contributed by atoms with E-state index < -0.39 is 126 Å². The van der Waals surface area contributed by atoms with Gasteiger partial charge in [-0.15, -0.1) is 27.8 Å². The van der Waals surface area contributed by atoms with Gasteiger partial charge in [-0.1, -0.05) is 16.7 Å². The fourth-order valence-corrected chi connectivity index (χ4v) is 27.2. The Hall–Kier alpha value is -11.5. The Morgan fingerprint density at radius 1 is 0.489 bits per heavy atom. The largest absolute Gasteiger partial charge is 0.427 e. The van der Waals surface area contributed by atoms with Crippen molar-refractivity contribution < 1.29 is 89.5 Å². The number of halogens is 12. The summed E-state index contributed by atoms with van der Waals surface area (Å²) in [4.78, 5) is 55.0. The van der Waals surface area contributed by atoms with Gasteiger partial charge in [-0.05, 0) is 259 Å². The number of pyridine rings is 1. The number of aromatic nitrogens is 16. The smallest absolute Gasteiger partial charge is 0.389 e. The average Bonchev–Trinajstić information content (AvgIpc) is 1.61. The molecule has 5 fully saturated rings.